The predicted molar refractivity (Wildman–Crippen MR) is 117 cm³/mol. The molecule has 31 heavy (non-hydrogen) atoms. The Kier molecular flexibility index (Phi) is 6.22. The van der Waals surface area contributed by atoms with E-state index >= 15 is 0 Å². The third-order valence-corrected chi connectivity index (χ3v) is 6.66. The van der Waals surface area contributed by atoms with Crippen LogP contribution in [0, 0.1) is 24.5 Å². The lowest BCUT2D eigenvalue weighted by Crippen LogP contribution is -2.39. The molecule has 0 aliphatic carbocycles. The number of rotatable bonds is 5. The first kappa shape index (κ1) is 21.3. The van der Waals surface area contributed by atoms with E-state index < -0.39 is 23.1 Å². The minimum Gasteiger partial charge on any atom is -0.347 e. The molecule has 1 amide bonds. The average molecular weight is 444 g/mol. The summed E-state index contributed by atoms with van der Waals surface area (Å²) in [6.07, 6.45) is 5.14. The number of aromatic nitrogens is 3. The first-order chi connectivity index (χ1) is 15.0. The van der Waals surface area contributed by atoms with Crippen molar-refractivity contribution in [1.29, 1.82) is 0 Å². The molecule has 9 heteroatoms. The zero-order chi connectivity index (χ0) is 22.0. The zero-order valence-electron chi connectivity index (χ0n) is 17.3. The molecular formula is C22H23F2N5OS. The highest BCUT2D eigenvalue weighted by Crippen LogP contribution is 2.36. The molecular weight excluding hydrogens is 420 g/mol. The van der Waals surface area contributed by atoms with Gasteiger partial charge in [0.1, 0.15) is 17.2 Å². The van der Waals surface area contributed by atoms with Crippen LogP contribution in [0.15, 0.2) is 36.0 Å². The van der Waals surface area contributed by atoms with Gasteiger partial charge < -0.3 is 10.2 Å². The van der Waals surface area contributed by atoms with E-state index in [1.807, 2.05) is 12.3 Å². The van der Waals surface area contributed by atoms with Gasteiger partial charge in [-0.25, -0.2) is 18.7 Å². The van der Waals surface area contributed by atoms with Crippen molar-refractivity contribution in [2.75, 3.05) is 23.3 Å². The second-order valence-electron chi connectivity index (χ2n) is 7.66. The van der Waals surface area contributed by atoms with Crippen molar-refractivity contribution >= 4 is 28.2 Å². The van der Waals surface area contributed by atoms with Crippen molar-refractivity contribution in [2.45, 2.75) is 32.6 Å². The van der Waals surface area contributed by atoms with Crippen LogP contribution in [-0.4, -0.2) is 33.9 Å². The van der Waals surface area contributed by atoms with E-state index in [-0.39, 0.29) is 11.7 Å². The Hall–Kier alpha value is -2.94. The number of carbonyl (C=O) groups excluding carboxylic acids is 1. The van der Waals surface area contributed by atoms with Crippen LogP contribution in [0.4, 0.5) is 19.7 Å². The molecule has 2 aromatic heterocycles. The molecule has 1 fully saturated rings. The normalized spacial score (nSPS) is 18.8. The van der Waals surface area contributed by atoms with Crippen molar-refractivity contribution in [2.24, 2.45) is 5.92 Å². The first-order valence-corrected chi connectivity index (χ1v) is 11.1. The topological polar surface area (TPSA) is 71.0 Å². The van der Waals surface area contributed by atoms with E-state index in [2.05, 4.69) is 32.1 Å². The number of nitrogens with one attached hydrogen (secondary N) is 1. The molecule has 0 saturated carbocycles. The molecule has 0 radical (unpaired) electrons. The zero-order valence-corrected chi connectivity index (χ0v) is 18.1. The van der Waals surface area contributed by atoms with E-state index in [9.17, 15) is 13.6 Å². The lowest BCUT2D eigenvalue weighted by atomic mass is 9.82. The molecule has 3 aromatic rings. The maximum absolute atomic E-state index is 13.8. The van der Waals surface area contributed by atoms with Gasteiger partial charge in [0.05, 0.1) is 23.8 Å². The quantitative estimate of drug-likeness (QED) is 0.614. The van der Waals surface area contributed by atoms with Crippen molar-refractivity contribution in [3.8, 4) is 0 Å². The Bertz CT molecular complexity index is 1050. The summed E-state index contributed by atoms with van der Waals surface area (Å²) in [5.74, 6) is -1.94. The second kappa shape index (κ2) is 9.05. The lowest BCUT2D eigenvalue weighted by Gasteiger charge is -2.37. The number of piperidine rings is 1. The van der Waals surface area contributed by atoms with Gasteiger partial charge >= 0.3 is 0 Å². The molecule has 1 aliphatic rings. The summed E-state index contributed by atoms with van der Waals surface area (Å²) in [5, 5.41) is 5.48. The predicted octanol–water partition coefficient (Wildman–Crippen LogP) is 4.79. The molecule has 0 spiro atoms. The largest absolute Gasteiger partial charge is 0.347 e. The van der Waals surface area contributed by atoms with Crippen LogP contribution in [0.2, 0.25) is 0 Å². The number of amides is 1. The molecule has 1 saturated heterocycles. The van der Waals surface area contributed by atoms with Crippen LogP contribution < -0.4 is 10.2 Å². The summed E-state index contributed by atoms with van der Waals surface area (Å²) in [4.78, 5) is 28.0. The standard InChI is InChI=1S/C22H23F2N5OS/c1-3-14-7-8-29(22-27-13(2)12-31-22)11-15(14)18-9-26-19(10-25-18)28-21(30)20-16(23)5-4-6-17(20)24/h4-6,9-10,12,14-15H,3,7-8,11H2,1-2H3,(H,26,28,30). The Balaban J connectivity index is 1.50. The summed E-state index contributed by atoms with van der Waals surface area (Å²) < 4.78 is 27.6. The Morgan fingerprint density at radius 1 is 1.26 bits per heavy atom. The number of thiazole rings is 1. The molecule has 1 aromatic carbocycles. The highest BCUT2D eigenvalue weighted by atomic mass is 32.1. The minimum absolute atomic E-state index is 0.146. The van der Waals surface area contributed by atoms with Crippen molar-refractivity contribution < 1.29 is 13.6 Å². The Labute approximate surface area is 183 Å². The fourth-order valence-electron chi connectivity index (χ4n) is 3.97. The van der Waals surface area contributed by atoms with E-state index in [0.717, 1.165) is 54.6 Å². The van der Waals surface area contributed by atoms with Gasteiger partial charge in [-0.05, 0) is 31.4 Å². The van der Waals surface area contributed by atoms with E-state index in [1.165, 1.54) is 12.3 Å². The van der Waals surface area contributed by atoms with Crippen LogP contribution in [0.1, 0.15) is 47.4 Å². The number of nitrogens with zero attached hydrogens (tertiary/aromatic N) is 4. The van der Waals surface area contributed by atoms with Gasteiger partial charge in [-0.1, -0.05) is 19.4 Å². The SMILES string of the molecule is CCC1CCN(c2nc(C)cs2)CC1c1cnc(NC(=O)c2c(F)cccc2F)cn1. The molecule has 4 rings (SSSR count). The molecule has 2 unspecified atom stereocenters. The number of hydrogen-bond donors (Lipinski definition) is 1. The van der Waals surface area contributed by atoms with Gasteiger partial charge in [-0.2, -0.15) is 0 Å². The van der Waals surface area contributed by atoms with Crippen molar-refractivity contribution in [1.82, 2.24) is 15.0 Å². The van der Waals surface area contributed by atoms with E-state index in [0.29, 0.717) is 5.92 Å². The summed E-state index contributed by atoms with van der Waals surface area (Å²) in [6, 6.07) is 3.29. The molecule has 2 atom stereocenters. The highest BCUT2D eigenvalue weighted by Gasteiger charge is 2.31. The van der Waals surface area contributed by atoms with Gasteiger partial charge in [0, 0.05) is 24.4 Å². The fraction of sp³-hybridized carbons (Fsp3) is 0.364. The number of halogens is 2. The summed E-state index contributed by atoms with van der Waals surface area (Å²) in [7, 11) is 0. The lowest BCUT2D eigenvalue weighted by molar-refractivity contribution is 0.101. The van der Waals surface area contributed by atoms with Gasteiger partial charge in [-0.3, -0.25) is 9.78 Å². The summed E-state index contributed by atoms with van der Waals surface area (Å²) in [5.41, 5.74) is 1.21. The Morgan fingerprint density at radius 2 is 2.03 bits per heavy atom. The van der Waals surface area contributed by atoms with Crippen LogP contribution >= 0.6 is 11.3 Å². The minimum atomic E-state index is -0.924. The molecule has 3 heterocycles. The number of benzene rings is 1. The van der Waals surface area contributed by atoms with Gasteiger partial charge in [0.25, 0.3) is 5.91 Å². The van der Waals surface area contributed by atoms with Gasteiger partial charge in [0.2, 0.25) is 0 Å². The maximum atomic E-state index is 13.8. The Morgan fingerprint density at radius 3 is 2.65 bits per heavy atom. The molecule has 6 nitrogen and oxygen atoms in total. The van der Waals surface area contributed by atoms with Crippen LogP contribution in [0.5, 0.6) is 0 Å². The van der Waals surface area contributed by atoms with Crippen LogP contribution in [0.25, 0.3) is 0 Å². The van der Waals surface area contributed by atoms with Crippen molar-refractivity contribution in [3.05, 3.63) is 64.6 Å². The average Bonchev–Trinajstić information content (AvgIpc) is 3.20. The van der Waals surface area contributed by atoms with Crippen LogP contribution in [0.3, 0.4) is 0 Å². The summed E-state index contributed by atoms with van der Waals surface area (Å²) >= 11 is 1.64. The maximum Gasteiger partial charge on any atom is 0.262 e. The fourth-order valence-corrected chi connectivity index (χ4v) is 4.81. The molecule has 162 valence electrons. The number of aryl methyl sites for hydroxylation is 1. The highest BCUT2D eigenvalue weighted by molar-refractivity contribution is 7.13. The summed E-state index contributed by atoms with van der Waals surface area (Å²) in [6.45, 7) is 5.91. The monoisotopic (exact) mass is 443 g/mol. The number of hydrogen-bond acceptors (Lipinski definition) is 6. The van der Waals surface area contributed by atoms with Gasteiger partial charge in [-0.15, -0.1) is 11.3 Å². The first-order valence-electron chi connectivity index (χ1n) is 10.2. The van der Waals surface area contributed by atoms with E-state index in [1.54, 1.807) is 17.5 Å². The second-order valence-corrected chi connectivity index (χ2v) is 8.49. The van der Waals surface area contributed by atoms with Crippen molar-refractivity contribution in [3.63, 3.8) is 0 Å². The molecule has 1 N–H and O–H groups in total. The van der Waals surface area contributed by atoms with Gasteiger partial charge in [0.15, 0.2) is 10.9 Å². The van der Waals surface area contributed by atoms with Crippen LogP contribution in [-0.2, 0) is 0 Å². The third-order valence-electron chi connectivity index (χ3n) is 5.64. The number of anilines is 2. The molecule has 0 bridgehead atoms. The molecule has 1 aliphatic heterocycles. The number of carbonyl (C=O) groups is 1. The third kappa shape index (κ3) is 4.56. The smallest absolute Gasteiger partial charge is 0.262 e. The van der Waals surface area contributed by atoms with E-state index in [4.69, 9.17) is 0 Å².